The minimum absolute atomic E-state index is 0.147. The Bertz CT molecular complexity index is 797. The fourth-order valence-electron chi connectivity index (χ4n) is 1.86. The highest BCUT2D eigenvalue weighted by atomic mass is 32.1. The molecule has 6 heteroatoms. The first-order chi connectivity index (χ1) is 10.6. The van der Waals surface area contributed by atoms with Crippen LogP contribution in [-0.4, -0.2) is 15.9 Å². The quantitative estimate of drug-likeness (QED) is 0.797. The van der Waals surface area contributed by atoms with Crippen molar-refractivity contribution in [3.8, 4) is 11.3 Å². The molecule has 0 bridgehead atoms. The van der Waals surface area contributed by atoms with Crippen molar-refractivity contribution in [2.24, 2.45) is 0 Å². The van der Waals surface area contributed by atoms with Gasteiger partial charge >= 0.3 is 0 Å². The van der Waals surface area contributed by atoms with Gasteiger partial charge in [-0.1, -0.05) is 29.8 Å². The standard InChI is InChI=1S/C16H12FN3OS/c1-10-2-4-11(5-3-10)14-9-22-16(19-14)20-15(21)13-7-6-12(17)8-18-13/h2-9H,1H3,(H,19,20,21). The van der Waals surface area contributed by atoms with E-state index in [1.807, 2.05) is 36.6 Å². The number of aromatic nitrogens is 2. The van der Waals surface area contributed by atoms with E-state index in [4.69, 9.17) is 0 Å². The van der Waals surface area contributed by atoms with E-state index in [-0.39, 0.29) is 5.69 Å². The van der Waals surface area contributed by atoms with Gasteiger partial charge in [-0.3, -0.25) is 10.1 Å². The molecule has 0 saturated heterocycles. The smallest absolute Gasteiger partial charge is 0.276 e. The van der Waals surface area contributed by atoms with Crippen LogP contribution in [0.4, 0.5) is 9.52 Å². The lowest BCUT2D eigenvalue weighted by Crippen LogP contribution is -2.13. The van der Waals surface area contributed by atoms with Gasteiger partial charge in [-0.15, -0.1) is 11.3 Å². The first kappa shape index (κ1) is 14.3. The second-order valence-corrected chi connectivity index (χ2v) is 5.58. The monoisotopic (exact) mass is 313 g/mol. The lowest BCUT2D eigenvalue weighted by atomic mass is 10.1. The van der Waals surface area contributed by atoms with Crippen molar-refractivity contribution in [1.82, 2.24) is 9.97 Å². The lowest BCUT2D eigenvalue weighted by Gasteiger charge is -2.00. The molecule has 0 saturated carbocycles. The van der Waals surface area contributed by atoms with Crippen molar-refractivity contribution in [2.75, 3.05) is 5.32 Å². The molecular formula is C16H12FN3OS. The molecule has 0 atom stereocenters. The molecule has 0 unspecified atom stereocenters. The van der Waals surface area contributed by atoms with Crippen molar-refractivity contribution in [3.63, 3.8) is 0 Å². The summed E-state index contributed by atoms with van der Waals surface area (Å²) < 4.78 is 12.8. The summed E-state index contributed by atoms with van der Waals surface area (Å²) in [7, 11) is 0. The van der Waals surface area contributed by atoms with Gasteiger partial charge in [0.15, 0.2) is 5.13 Å². The number of carbonyl (C=O) groups excluding carboxylic acids is 1. The summed E-state index contributed by atoms with van der Waals surface area (Å²) in [6.07, 6.45) is 1.01. The van der Waals surface area contributed by atoms with E-state index < -0.39 is 11.7 Å². The fraction of sp³-hybridized carbons (Fsp3) is 0.0625. The Morgan fingerprint density at radius 1 is 1.18 bits per heavy atom. The van der Waals surface area contributed by atoms with Crippen LogP contribution in [0.3, 0.4) is 0 Å². The van der Waals surface area contributed by atoms with Gasteiger partial charge < -0.3 is 0 Å². The molecule has 0 aliphatic carbocycles. The lowest BCUT2D eigenvalue weighted by molar-refractivity contribution is 0.102. The summed E-state index contributed by atoms with van der Waals surface area (Å²) in [6, 6.07) is 10.5. The Morgan fingerprint density at radius 3 is 2.64 bits per heavy atom. The van der Waals surface area contributed by atoms with Crippen LogP contribution in [0.5, 0.6) is 0 Å². The Kier molecular flexibility index (Phi) is 3.93. The second-order valence-electron chi connectivity index (χ2n) is 4.72. The van der Waals surface area contributed by atoms with Crippen LogP contribution in [0.25, 0.3) is 11.3 Å². The predicted molar refractivity (Wildman–Crippen MR) is 84.4 cm³/mol. The number of halogens is 1. The molecule has 0 fully saturated rings. The maximum absolute atomic E-state index is 12.8. The summed E-state index contributed by atoms with van der Waals surface area (Å²) in [5.41, 5.74) is 3.11. The summed E-state index contributed by atoms with van der Waals surface area (Å²) in [6.45, 7) is 2.02. The molecule has 1 amide bonds. The van der Waals surface area contributed by atoms with Crippen molar-refractivity contribution < 1.29 is 9.18 Å². The van der Waals surface area contributed by atoms with E-state index in [0.717, 1.165) is 17.5 Å². The van der Waals surface area contributed by atoms with Gasteiger partial charge in [0, 0.05) is 10.9 Å². The van der Waals surface area contributed by atoms with Crippen LogP contribution in [0.15, 0.2) is 48.0 Å². The topological polar surface area (TPSA) is 54.9 Å². The number of benzene rings is 1. The molecule has 3 aromatic rings. The normalized spacial score (nSPS) is 10.5. The van der Waals surface area contributed by atoms with E-state index in [1.165, 1.54) is 29.0 Å². The minimum atomic E-state index is -0.479. The summed E-state index contributed by atoms with van der Waals surface area (Å²) in [4.78, 5) is 20.1. The van der Waals surface area contributed by atoms with Crippen molar-refractivity contribution in [2.45, 2.75) is 6.92 Å². The van der Waals surface area contributed by atoms with E-state index in [1.54, 1.807) is 0 Å². The molecule has 1 aromatic carbocycles. The third-order valence-corrected chi connectivity index (χ3v) is 3.79. The number of anilines is 1. The number of hydrogen-bond acceptors (Lipinski definition) is 4. The average molecular weight is 313 g/mol. The average Bonchev–Trinajstić information content (AvgIpc) is 2.97. The first-order valence-corrected chi connectivity index (χ1v) is 7.45. The molecule has 0 radical (unpaired) electrons. The van der Waals surface area contributed by atoms with Crippen molar-refractivity contribution in [3.05, 3.63) is 65.0 Å². The second kappa shape index (κ2) is 6.03. The van der Waals surface area contributed by atoms with Gasteiger partial charge in [0.1, 0.15) is 11.5 Å². The highest BCUT2D eigenvalue weighted by Gasteiger charge is 2.11. The van der Waals surface area contributed by atoms with Gasteiger partial charge in [-0.25, -0.2) is 14.4 Å². The van der Waals surface area contributed by atoms with Crippen molar-refractivity contribution in [1.29, 1.82) is 0 Å². The van der Waals surface area contributed by atoms with Gasteiger partial charge in [0.2, 0.25) is 0 Å². The summed E-state index contributed by atoms with van der Waals surface area (Å²) in [5.74, 6) is -0.891. The van der Waals surface area contributed by atoms with Crippen LogP contribution < -0.4 is 5.32 Å². The zero-order valence-electron chi connectivity index (χ0n) is 11.7. The SMILES string of the molecule is Cc1ccc(-c2csc(NC(=O)c3ccc(F)cn3)n2)cc1. The third-order valence-electron chi connectivity index (χ3n) is 3.03. The molecule has 22 heavy (non-hydrogen) atoms. The highest BCUT2D eigenvalue weighted by molar-refractivity contribution is 7.14. The zero-order chi connectivity index (χ0) is 15.5. The zero-order valence-corrected chi connectivity index (χ0v) is 12.5. The van der Waals surface area contributed by atoms with E-state index in [2.05, 4.69) is 15.3 Å². The molecule has 2 heterocycles. The van der Waals surface area contributed by atoms with Gasteiger partial charge in [0.05, 0.1) is 11.9 Å². The Hall–Kier alpha value is -2.60. The maximum atomic E-state index is 12.8. The van der Waals surface area contributed by atoms with Crippen LogP contribution >= 0.6 is 11.3 Å². The van der Waals surface area contributed by atoms with E-state index >= 15 is 0 Å². The number of carbonyl (C=O) groups is 1. The third kappa shape index (κ3) is 3.17. The predicted octanol–water partition coefficient (Wildman–Crippen LogP) is 3.90. The number of hydrogen-bond donors (Lipinski definition) is 1. The molecule has 0 spiro atoms. The molecule has 4 nitrogen and oxygen atoms in total. The number of pyridine rings is 1. The van der Waals surface area contributed by atoms with Crippen LogP contribution in [0.1, 0.15) is 16.1 Å². The number of aryl methyl sites for hydroxylation is 1. The van der Waals surface area contributed by atoms with Gasteiger partial charge in [0.25, 0.3) is 5.91 Å². The van der Waals surface area contributed by atoms with Crippen LogP contribution in [-0.2, 0) is 0 Å². The number of amides is 1. The van der Waals surface area contributed by atoms with Crippen LogP contribution in [0.2, 0.25) is 0 Å². The largest absolute Gasteiger partial charge is 0.296 e. The van der Waals surface area contributed by atoms with Gasteiger partial charge in [-0.2, -0.15) is 0 Å². The molecule has 3 rings (SSSR count). The molecule has 0 aliphatic heterocycles. The molecule has 110 valence electrons. The van der Waals surface area contributed by atoms with Crippen molar-refractivity contribution >= 4 is 22.4 Å². The maximum Gasteiger partial charge on any atom is 0.276 e. The summed E-state index contributed by atoms with van der Waals surface area (Å²) >= 11 is 1.33. The fourth-order valence-corrected chi connectivity index (χ4v) is 2.57. The molecular weight excluding hydrogens is 301 g/mol. The number of nitrogens with zero attached hydrogens (tertiary/aromatic N) is 2. The number of nitrogens with one attached hydrogen (secondary N) is 1. The Morgan fingerprint density at radius 2 is 1.95 bits per heavy atom. The van der Waals surface area contributed by atoms with E-state index in [9.17, 15) is 9.18 Å². The van der Waals surface area contributed by atoms with E-state index in [0.29, 0.717) is 5.13 Å². The molecule has 2 aromatic heterocycles. The Labute approximate surface area is 130 Å². The highest BCUT2D eigenvalue weighted by Crippen LogP contribution is 2.25. The molecule has 1 N–H and O–H groups in total. The molecule has 0 aliphatic rings. The van der Waals surface area contributed by atoms with Gasteiger partial charge in [-0.05, 0) is 19.1 Å². The number of rotatable bonds is 3. The summed E-state index contributed by atoms with van der Waals surface area (Å²) in [5, 5.41) is 5.01. The number of thiazole rings is 1. The van der Waals surface area contributed by atoms with Crippen LogP contribution in [0, 0.1) is 12.7 Å². The first-order valence-electron chi connectivity index (χ1n) is 6.57. The Balaban J connectivity index is 1.75. The minimum Gasteiger partial charge on any atom is -0.296 e.